The molecular formula is C17H19NO3S. The van der Waals surface area contributed by atoms with Crippen LogP contribution >= 0.6 is 0 Å². The Labute approximate surface area is 131 Å². The molecule has 0 radical (unpaired) electrons. The van der Waals surface area contributed by atoms with Crippen LogP contribution in [0.5, 0.6) is 5.75 Å². The van der Waals surface area contributed by atoms with Crippen LogP contribution in [0.3, 0.4) is 0 Å². The Morgan fingerprint density at radius 1 is 0.955 bits per heavy atom. The minimum Gasteiger partial charge on any atom is -0.508 e. The standard InChI is InChI=1S/C17H19NO3S/c1-13-4-5-15(12-17(13)19)14-6-8-16(9-7-14)22(20,21)18-10-2-3-11-18/h4-9,12,19H,2-3,10-11H2,1H3. The van der Waals surface area contributed by atoms with Gasteiger partial charge in [0.25, 0.3) is 0 Å². The molecule has 1 fully saturated rings. The van der Waals surface area contributed by atoms with Crippen molar-refractivity contribution in [2.24, 2.45) is 0 Å². The zero-order chi connectivity index (χ0) is 15.7. The van der Waals surface area contributed by atoms with Gasteiger partial charge in [-0.2, -0.15) is 4.31 Å². The van der Waals surface area contributed by atoms with Crippen LogP contribution in [-0.2, 0) is 10.0 Å². The maximum atomic E-state index is 12.5. The lowest BCUT2D eigenvalue weighted by Gasteiger charge is -2.15. The van der Waals surface area contributed by atoms with Gasteiger partial charge in [0.05, 0.1) is 4.90 Å². The highest BCUT2D eigenvalue weighted by Crippen LogP contribution is 2.28. The van der Waals surface area contributed by atoms with Crippen LogP contribution in [0, 0.1) is 6.92 Å². The Hall–Kier alpha value is -1.85. The van der Waals surface area contributed by atoms with E-state index in [2.05, 4.69) is 0 Å². The lowest BCUT2D eigenvalue weighted by molar-refractivity contribution is 0.471. The van der Waals surface area contributed by atoms with Gasteiger partial charge >= 0.3 is 0 Å². The topological polar surface area (TPSA) is 57.6 Å². The first kappa shape index (κ1) is 15.1. The Kier molecular flexibility index (Phi) is 3.93. The molecule has 0 amide bonds. The number of benzene rings is 2. The zero-order valence-electron chi connectivity index (χ0n) is 12.5. The summed E-state index contributed by atoms with van der Waals surface area (Å²) < 4.78 is 26.5. The van der Waals surface area contributed by atoms with E-state index < -0.39 is 10.0 Å². The number of sulfonamides is 1. The minimum atomic E-state index is -3.37. The van der Waals surface area contributed by atoms with Crippen molar-refractivity contribution < 1.29 is 13.5 Å². The molecule has 2 aromatic carbocycles. The molecule has 1 aliphatic rings. The summed E-state index contributed by atoms with van der Waals surface area (Å²) in [6.07, 6.45) is 1.86. The largest absolute Gasteiger partial charge is 0.508 e. The lowest BCUT2D eigenvalue weighted by atomic mass is 10.0. The van der Waals surface area contributed by atoms with E-state index in [0.29, 0.717) is 18.0 Å². The first-order valence-electron chi connectivity index (χ1n) is 7.39. The Morgan fingerprint density at radius 3 is 2.14 bits per heavy atom. The summed E-state index contributed by atoms with van der Waals surface area (Å²) in [6.45, 7) is 3.05. The van der Waals surface area contributed by atoms with Crippen molar-refractivity contribution >= 4 is 10.0 Å². The number of phenolic OH excluding ortho intramolecular Hbond substituents is 1. The molecule has 4 nitrogen and oxygen atoms in total. The highest BCUT2D eigenvalue weighted by Gasteiger charge is 2.26. The minimum absolute atomic E-state index is 0.242. The quantitative estimate of drug-likeness (QED) is 0.946. The van der Waals surface area contributed by atoms with Crippen molar-refractivity contribution in [1.82, 2.24) is 4.31 Å². The van der Waals surface area contributed by atoms with Gasteiger partial charge in [-0.3, -0.25) is 0 Å². The van der Waals surface area contributed by atoms with E-state index in [1.54, 1.807) is 34.6 Å². The number of hydrogen-bond donors (Lipinski definition) is 1. The molecule has 5 heteroatoms. The van der Waals surface area contributed by atoms with Crippen LogP contribution in [0.4, 0.5) is 0 Å². The molecular weight excluding hydrogens is 298 g/mol. The van der Waals surface area contributed by atoms with Gasteiger partial charge in [-0.05, 0) is 54.7 Å². The first-order chi connectivity index (χ1) is 10.5. The fourth-order valence-electron chi connectivity index (χ4n) is 2.69. The first-order valence-corrected chi connectivity index (χ1v) is 8.83. The van der Waals surface area contributed by atoms with E-state index in [4.69, 9.17) is 0 Å². The van der Waals surface area contributed by atoms with Crippen LogP contribution in [0.1, 0.15) is 18.4 Å². The molecule has 0 aromatic heterocycles. The van der Waals surface area contributed by atoms with Crippen LogP contribution < -0.4 is 0 Å². The normalized spacial score (nSPS) is 16.0. The molecule has 22 heavy (non-hydrogen) atoms. The second-order valence-electron chi connectivity index (χ2n) is 5.64. The average Bonchev–Trinajstić information content (AvgIpc) is 3.05. The number of hydrogen-bond acceptors (Lipinski definition) is 3. The highest BCUT2D eigenvalue weighted by atomic mass is 32.2. The van der Waals surface area contributed by atoms with Crippen molar-refractivity contribution in [2.45, 2.75) is 24.7 Å². The maximum absolute atomic E-state index is 12.5. The Balaban J connectivity index is 1.90. The third-order valence-electron chi connectivity index (χ3n) is 4.10. The molecule has 0 atom stereocenters. The van der Waals surface area contributed by atoms with Gasteiger partial charge in [-0.15, -0.1) is 0 Å². The molecule has 1 heterocycles. The van der Waals surface area contributed by atoms with Crippen LogP contribution in [-0.4, -0.2) is 30.9 Å². The number of aromatic hydroxyl groups is 1. The number of aryl methyl sites for hydroxylation is 1. The number of phenols is 1. The fraction of sp³-hybridized carbons (Fsp3) is 0.294. The van der Waals surface area contributed by atoms with Gasteiger partial charge in [0.1, 0.15) is 5.75 Å². The summed E-state index contributed by atoms with van der Waals surface area (Å²) in [5, 5.41) is 9.79. The molecule has 0 unspecified atom stereocenters. The van der Waals surface area contributed by atoms with Crippen molar-refractivity contribution in [2.75, 3.05) is 13.1 Å². The second-order valence-corrected chi connectivity index (χ2v) is 7.57. The smallest absolute Gasteiger partial charge is 0.243 e. The summed E-state index contributed by atoms with van der Waals surface area (Å²) in [7, 11) is -3.37. The molecule has 1 saturated heterocycles. The molecule has 1 N–H and O–H groups in total. The van der Waals surface area contributed by atoms with Crippen LogP contribution in [0.2, 0.25) is 0 Å². The predicted octanol–water partition coefficient (Wildman–Crippen LogP) is 3.15. The molecule has 1 aliphatic heterocycles. The molecule has 0 aliphatic carbocycles. The van der Waals surface area contributed by atoms with Crippen molar-refractivity contribution in [3.8, 4) is 16.9 Å². The number of rotatable bonds is 3. The van der Waals surface area contributed by atoms with E-state index in [1.165, 1.54) is 0 Å². The van der Waals surface area contributed by atoms with Gasteiger partial charge in [-0.1, -0.05) is 24.3 Å². The monoisotopic (exact) mass is 317 g/mol. The summed E-state index contributed by atoms with van der Waals surface area (Å²) >= 11 is 0. The average molecular weight is 317 g/mol. The number of nitrogens with zero attached hydrogens (tertiary/aromatic N) is 1. The Bertz CT molecular complexity index is 776. The van der Waals surface area contributed by atoms with Gasteiger partial charge in [0, 0.05) is 13.1 Å². The molecule has 0 bridgehead atoms. The Morgan fingerprint density at radius 2 is 1.55 bits per heavy atom. The molecule has 0 spiro atoms. The molecule has 3 rings (SSSR count). The lowest BCUT2D eigenvalue weighted by Crippen LogP contribution is -2.27. The fourth-order valence-corrected chi connectivity index (χ4v) is 4.20. The van der Waals surface area contributed by atoms with Crippen molar-refractivity contribution in [3.63, 3.8) is 0 Å². The SMILES string of the molecule is Cc1ccc(-c2ccc(S(=O)(=O)N3CCCC3)cc2)cc1O. The summed E-state index contributed by atoms with van der Waals surface area (Å²) in [5.74, 6) is 0.242. The third-order valence-corrected chi connectivity index (χ3v) is 6.01. The molecule has 2 aromatic rings. The zero-order valence-corrected chi connectivity index (χ0v) is 13.3. The molecule has 0 saturated carbocycles. The van der Waals surface area contributed by atoms with E-state index in [0.717, 1.165) is 29.5 Å². The van der Waals surface area contributed by atoms with E-state index in [1.807, 2.05) is 19.1 Å². The van der Waals surface area contributed by atoms with Gasteiger partial charge in [0.15, 0.2) is 0 Å². The van der Waals surface area contributed by atoms with Crippen molar-refractivity contribution in [3.05, 3.63) is 48.0 Å². The third kappa shape index (κ3) is 2.74. The van der Waals surface area contributed by atoms with Crippen LogP contribution in [0.15, 0.2) is 47.4 Å². The predicted molar refractivity (Wildman–Crippen MR) is 86.3 cm³/mol. The van der Waals surface area contributed by atoms with E-state index in [-0.39, 0.29) is 5.75 Å². The summed E-state index contributed by atoms with van der Waals surface area (Å²) in [5.41, 5.74) is 2.57. The second kappa shape index (κ2) is 5.74. The summed E-state index contributed by atoms with van der Waals surface area (Å²) in [6, 6.07) is 12.3. The van der Waals surface area contributed by atoms with E-state index in [9.17, 15) is 13.5 Å². The van der Waals surface area contributed by atoms with Gasteiger partial charge in [-0.25, -0.2) is 8.42 Å². The maximum Gasteiger partial charge on any atom is 0.243 e. The van der Waals surface area contributed by atoms with Gasteiger partial charge < -0.3 is 5.11 Å². The van der Waals surface area contributed by atoms with Crippen molar-refractivity contribution in [1.29, 1.82) is 0 Å². The van der Waals surface area contributed by atoms with Crippen LogP contribution in [0.25, 0.3) is 11.1 Å². The van der Waals surface area contributed by atoms with E-state index >= 15 is 0 Å². The highest BCUT2D eigenvalue weighted by molar-refractivity contribution is 7.89. The van der Waals surface area contributed by atoms with Gasteiger partial charge in [0.2, 0.25) is 10.0 Å². The summed E-state index contributed by atoms with van der Waals surface area (Å²) in [4.78, 5) is 0.328. The molecule has 116 valence electrons.